The van der Waals surface area contributed by atoms with E-state index in [0.29, 0.717) is 28.4 Å². The molecule has 6 nitrogen and oxygen atoms in total. The number of ether oxygens (including phenoxy) is 2. The van der Waals surface area contributed by atoms with E-state index in [1.54, 1.807) is 49.6 Å². The number of methoxy groups -OCH3 is 2. The molecule has 1 aliphatic carbocycles. The zero-order valence-corrected chi connectivity index (χ0v) is 18.9. The Kier molecular flexibility index (Phi) is 6.63. The van der Waals surface area contributed by atoms with Gasteiger partial charge in [0, 0.05) is 17.3 Å². The van der Waals surface area contributed by atoms with Gasteiger partial charge in [0.05, 0.1) is 25.3 Å². The lowest BCUT2D eigenvalue weighted by atomic mass is 9.78. The molecule has 1 saturated carbocycles. The molecule has 0 saturated heterocycles. The Balaban J connectivity index is 1.53. The summed E-state index contributed by atoms with van der Waals surface area (Å²) in [6, 6.07) is 22.1. The molecule has 170 valence electrons. The number of hydrogen-bond donors (Lipinski definition) is 2. The summed E-state index contributed by atoms with van der Waals surface area (Å²) < 4.78 is 10.7. The summed E-state index contributed by atoms with van der Waals surface area (Å²) in [5, 5.41) is 5.94. The molecule has 1 fully saturated rings. The zero-order valence-electron chi connectivity index (χ0n) is 18.9. The van der Waals surface area contributed by atoms with Crippen molar-refractivity contribution in [1.29, 1.82) is 0 Å². The lowest BCUT2D eigenvalue weighted by Crippen LogP contribution is -2.37. The lowest BCUT2D eigenvalue weighted by molar-refractivity contribution is -0.121. The van der Waals surface area contributed by atoms with E-state index in [0.717, 1.165) is 31.2 Å². The molecule has 0 aliphatic heterocycles. The Morgan fingerprint density at radius 3 is 2.27 bits per heavy atom. The fourth-order valence-electron chi connectivity index (χ4n) is 4.46. The third-order valence-corrected chi connectivity index (χ3v) is 6.26. The van der Waals surface area contributed by atoms with Crippen molar-refractivity contribution in [3.8, 4) is 11.5 Å². The molecule has 0 atom stereocenters. The van der Waals surface area contributed by atoms with E-state index in [4.69, 9.17) is 9.47 Å². The topological polar surface area (TPSA) is 76.7 Å². The number of carbonyl (C=O) groups excluding carboxylic acids is 2. The van der Waals surface area contributed by atoms with Gasteiger partial charge in [0.1, 0.15) is 11.5 Å². The summed E-state index contributed by atoms with van der Waals surface area (Å²) in [7, 11) is 3.09. The number of hydrogen-bond acceptors (Lipinski definition) is 4. The van der Waals surface area contributed by atoms with Crippen LogP contribution in [0.4, 0.5) is 11.4 Å². The molecule has 33 heavy (non-hydrogen) atoms. The van der Waals surface area contributed by atoms with Crippen LogP contribution in [0.2, 0.25) is 0 Å². The molecular weight excluding hydrogens is 416 g/mol. The smallest absolute Gasteiger partial charge is 0.255 e. The second-order valence-corrected chi connectivity index (χ2v) is 8.21. The number of benzene rings is 3. The summed E-state index contributed by atoms with van der Waals surface area (Å²) in [4.78, 5) is 26.1. The van der Waals surface area contributed by atoms with E-state index in [9.17, 15) is 9.59 Å². The van der Waals surface area contributed by atoms with Crippen molar-refractivity contribution in [2.45, 2.75) is 31.1 Å². The van der Waals surface area contributed by atoms with E-state index in [2.05, 4.69) is 10.6 Å². The second kappa shape index (κ2) is 9.77. The summed E-state index contributed by atoms with van der Waals surface area (Å²) >= 11 is 0. The number of amides is 2. The molecule has 2 amide bonds. The summed E-state index contributed by atoms with van der Waals surface area (Å²) in [5.41, 5.74) is 2.14. The molecule has 4 rings (SSSR count). The van der Waals surface area contributed by atoms with Gasteiger partial charge in [-0.15, -0.1) is 0 Å². The maximum Gasteiger partial charge on any atom is 0.255 e. The first kappa shape index (κ1) is 22.4. The van der Waals surface area contributed by atoms with Crippen LogP contribution in [-0.2, 0) is 10.2 Å². The summed E-state index contributed by atoms with van der Waals surface area (Å²) in [5.74, 6) is 0.774. The minimum absolute atomic E-state index is 0.0126. The van der Waals surface area contributed by atoms with Crippen molar-refractivity contribution < 1.29 is 19.1 Å². The molecule has 3 aromatic rings. The van der Waals surface area contributed by atoms with Crippen LogP contribution in [0.3, 0.4) is 0 Å². The average molecular weight is 445 g/mol. The average Bonchev–Trinajstić information content (AvgIpc) is 3.37. The third kappa shape index (κ3) is 4.70. The van der Waals surface area contributed by atoms with Gasteiger partial charge in [-0.25, -0.2) is 0 Å². The van der Waals surface area contributed by atoms with Gasteiger partial charge in [-0.2, -0.15) is 0 Å². The van der Waals surface area contributed by atoms with Crippen molar-refractivity contribution in [3.63, 3.8) is 0 Å². The fourth-order valence-corrected chi connectivity index (χ4v) is 4.46. The van der Waals surface area contributed by atoms with Crippen molar-refractivity contribution in [2.24, 2.45) is 0 Å². The Hall–Kier alpha value is -3.80. The first-order chi connectivity index (χ1) is 16.1. The first-order valence-electron chi connectivity index (χ1n) is 11.1. The molecule has 2 N–H and O–H groups in total. The lowest BCUT2D eigenvalue weighted by Gasteiger charge is -2.28. The van der Waals surface area contributed by atoms with Crippen molar-refractivity contribution in [2.75, 3.05) is 24.9 Å². The quantitative estimate of drug-likeness (QED) is 0.511. The minimum Gasteiger partial charge on any atom is -0.497 e. The van der Waals surface area contributed by atoms with E-state index < -0.39 is 5.41 Å². The predicted octanol–water partition coefficient (Wildman–Crippen LogP) is 5.41. The predicted molar refractivity (Wildman–Crippen MR) is 129 cm³/mol. The van der Waals surface area contributed by atoms with Gasteiger partial charge in [-0.05, 0) is 48.7 Å². The highest BCUT2D eigenvalue weighted by molar-refractivity contribution is 6.06. The van der Waals surface area contributed by atoms with Crippen molar-refractivity contribution >= 4 is 23.2 Å². The highest BCUT2D eigenvalue weighted by atomic mass is 16.5. The molecule has 6 heteroatoms. The third-order valence-electron chi connectivity index (χ3n) is 6.26. The molecular formula is C27H28N2O4. The van der Waals surface area contributed by atoms with E-state index in [1.807, 2.05) is 30.3 Å². The van der Waals surface area contributed by atoms with Gasteiger partial charge in [0.15, 0.2) is 0 Å². The number of carbonyl (C=O) groups is 2. The van der Waals surface area contributed by atoms with Crippen LogP contribution >= 0.6 is 0 Å². The molecule has 3 aromatic carbocycles. The van der Waals surface area contributed by atoms with Crippen LogP contribution in [-0.4, -0.2) is 26.0 Å². The molecule has 0 radical (unpaired) electrons. The molecule has 0 unspecified atom stereocenters. The van der Waals surface area contributed by atoms with Crippen LogP contribution in [0.25, 0.3) is 0 Å². The fraction of sp³-hybridized carbons (Fsp3) is 0.259. The zero-order chi connectivity index (χ0) is 23.3. The largest absolute Gasteiger partial charge is 0.497 e. The Morgan fingerprint density at radius 2 is 1.58 bits per heavy atom. The number of rotatable bonds is 7. The number of nitrogens with one attached hydrogen (secondary N) is 2. The van der Waals surface area contributed by atoms with Gasteiger partial charge < -0.3 is 20.1 Å². The van der Waals surface area contributed by atoms with Crippen LogP contribution in [0.15, 0.2) is 72.8 Å². The van der Waals surface area contributed by atoms with E-state index in [1.165, 1.54) is 7.11 Å². The molecule has 0 bridgehead atoms. The van der Waals surface area contributed by atoms with Crippen molar-refractivity contribution in [1.82, 2.24) is 0 Å². The normalized spacial score (nSPS) is 14.4. The van der Waals surface area contributed by atoms with Crippen LogP contribution in [0, 0.1) is 0 Å². The summed E-state index contributed by atoms with van der Waals surface area (Å²) in [6.07, 6.45) is 3.71. The highest BCUT2D eigenvalue weighted by Crippen LogP contribution is 2.42. The van der Waals surface area contributed by atoms with Crippen molar-refractivity contribution in [3.05, 3.63) is 83.9 Å². The Morgan fingerprint density at radius 1 is 0.818 bits per heavy atom. The van der Waals surface area contributed by atoms with Gasteiger partial charge in [0.25, 0.3) is 5.91 Å². The maximum atomic E-state index is 13.4. The van der Waals surface area contributed by atoms with Gasteiger partial charge >= 0.3 is 0 Å². The molecule has 1 aliphatic rings. The van der Waals surface area contributed by atoms with Gasteiger partial charge in [-0.1, -0.05) is 49.2 Å². The molecule has 0 spiro atoms. The number of anilines is 2. The summed E-state index contributed by atoms with van der Waals surface area (Å²) in [6.45, 7) is 0. The SMILES string of the molecule is COc1cccc(C(=O)Nc2ccc(NC(=O)C3(c4ccccc4)CCCC3)cc2OC)c1. The second-order valence-electron chi connectivity index (χ2n) is 8.21. The molecule has 0 aromatic heterocycles. The van der Waals surface area contributed by atoms with E-state index in [-0.39, 0.29) is 11.8 Å². The van der Waals surface area contributed by atoms with Gasteiger partial charge in [-0.3, -0.25) is 9.59 Å². The highest BCUT2D eigenvalue weighted by Gasteiger charge is 2.42. The van der Waals surface area contributed by atoms with E-state index >= 15 is 0 Å². The van der Waals surface area contributed by atoms with Crippen LogP contribution in [0.5, 0.6) is 11.5 Å². The maximum absolute atomic E-state index is 13.4. The minimum atomic E-state index is -0.520. The van der Waals surface area contributed by atoms with Crippen LogP contribution < -0.4 is 20.1 Å². The van der Waals surface area contributed by atoms with Gasteiger partial charge in [0.2, 0.25) is 5.91 Å². The Labute approximate surface area is 193 Å². The Bertz CT molecular complexity index is 1140. The first-order valence-corrected chi connectivity index (χ1v) is 11.1. The van der Waals surface area contributed by atoms with Crippen LogP contribution in [0.1, 0.15) is 41.6 Å². The monoisotopic (exact) mass is 444 g/mol. The standard InChI is InChI=1S/C27H28N2O4/c1-32-22-12-8-9-19(17-22)25(30)29-23-14-13-21(18-24(23)33-2)28-26(31)27(15-6-7-16-27)20-10-4-3-5-11-20/h3-5,8-14,17-18H,6-7,15-16H2,1-2H3,(H,28,31)(H,29,30). The molecule has 0 heterocycles.